The first-order valence-corrected chi connectivity index (χ1v) is 7.73. The molecule has 1 heterocycles. The van der Waals surface area contributed by atoms with Gasteiger partial charge in [0.25, 0.3) is 0 Å². The molecule has 0 saturated heterocycles. The van der Waals surface area contributed by atoms with Crippen molar-refractivity contribution in [3.8, 4) is 16.9 Å². The van der Waals surface area contributed by atoms with Gasteiger partial charge in [-0.1, -0.05) is 36.4 Å². The summed E-state index contributed by atoms with van der Waals surface area (Å²) in [6.07, 6.45) is 0. The summed E-state index contributed by atoms with van der Waals surface area (Å²) in [6, 6.07) is 18.0. The number of thiophene rings is 1. The Kier molecular flexibility index (Phi) is 4.34. The summed E-state index contributed by atoms with van der Waals surface area (Å²) in [5.41, 5.74) is 4.34. The molecule has 21 heavy (non-hydrogen) atoms. The number of hydrogen-bond donors (Lipinski definition) is 1. The molecule has 1 aromatic heterocycles. The lowest BCUT2D eigenvalue weighted by molar-refractivity contribution is 0.280. The van der Waals surface area contributed by atoms with Crippen molar-refractivity contribution < 1.29 is 9.84 Å². The third kappa shape index (κ3) is 3.51. The van der Waals surface area contributed by atoms with Gasteiger partial charge in [-0.3, -0.25) is 0 Å². The van der Waals surface area contributed by atoms with Gasteiger partial charge in [0.1, 0.15) is 12.4 Å². The van der Waals surface area contributed by atoms with Crippen LogP contribution in [0.5, 0.6) is 5.75 Å². The fraction of sp³-hybridized carbons (Fsp3) is 0.111. The maximum Gasteiger partial charge on any atom is 0.120 e. The summed E-state index contributed by atoms with van der Waals surface area (Å²) in [5.74, 6) is 0.855. The molecular formula is C18H16O2S. The molecule has 3 aromatic rings. The van der Waals surface area contributed by atoms with E-state index in [9.17, 15) is 0 Å². The van der Waals surface area contributed by atoms with Crippen molar-refractivity contribution in [2.75, 3.05) is 0 Å². The molecule has 1 N–H and O–H groups in total. The molecular weight excluding hydrogens is 280 g/mol. The summed E-state index contributed by atoms with van der Waals surface area (Å²) in [7, 11) is 0. The van der Waals surface area contributed by atoms with Crippen LogP contribution in [-0.4, -0.2) is 5.11 Å². The molecule has 0 spiro atoms. The second kappa shape index (κ2) is 6.57. The Hall–Kier alpha value is -2.10. The standard InChI is InChI=1S/C18H16O2S/c19-11-14-3-1-4-15(9-14)12-20-18-6-2-5-16(10-18)17-7-8-21-13-17/h1-10,13,19H,11-12H2. The largest absolute Gasteiger partial charge is 0.489 e. The van der Waals surface area contributed by atoms with E-state index in [1.165, 1.54) is 5.56 Å². The van der Waals surface area contributed by atoms with Crippen LogP contribution in [0.1, 0.15) is 11.1 Å². The maximum atomic E-state index is 9.15. The van der Waals surface area contributed by atoms with Crippen LogP contribution in [0.4, 0.5) is 0 Å². The van der Waals surface area contributed by atoms with Crippen molar-refractivity contribution in [2.45, 2.75) is 13.2 Å². The molecule has 0 bridgehead atoms. The highest BCUT2D eigenvalue weighted by atomic mass is 32.1. The Labute approximate surface area is 128 Å². The van der Waals surface area contributed by atoms with Gasteiger partial charge in [0, 0.05) is 0 Å². The Morgan fingerprint density at radius 2 is 1.76 bits per heavy atom. The second-order valence-corrected chi connectivity index (χ2v) is 5.59. The van der Waals surface area contributed by atoms with E-state index in [4.69, 9.17) is 9.84 Å². The number of rotatable bonds is 5. The predicted molar refractivity (Wildman–Crippen MR) is 86.5 cm³/mol. The van der Waals surface area contributed by atoms with Gasteiger partial charge in [0.2, 0.25) is 0 Å². The van der Waals surface area contributed by atoms with E-state index in [2.05, 4.69) is 29.0 Å². The minimum atomic E-state index is 0.0570. The SMILES string of the molecule is OCc1cccc(COc2cccc(-c3ccsc3)c2)c1. The molecule has 0 radical (unpaired) electrons. The van der Waals surface area contributed by atoms with Crippen LogP contribution in [0.2, 0.25) is 0 Å². The van der Waals surface area contributed by atoms with E-state index in [1.54, 1.807) is 11.3 Å². The molecule has 0 amide bonds. The highest BCUT2D eigenvalue weighted by Crippen LogP contribution is 2.26. The highest BCUT2D eigenvalue weighted by Gasteiger charge is 2.01. The first kappa shape index (κ1) is 13.9. The van der Waals surface area contributed by atoms with Crippen LogP contribution in [0.3, 0.4) is 0 Å². The highest BCUT2D eigenvalue weighted by molar-refractivity contribution is 7.08. The maximum absolute atomic E-state index is 9.15. The van der Waals surface area contributed by atoms with Gasteiger partial charge in [-0.2, -0.15) is 11.3 Å². The zero-order valence-electron chi connectivity index (χ0n) is 11.5. The molecule has 0 aliphatic rings. The lowest BCUT2D eigenvalue weighted by Crippen LogP contribution is -1.96. The molecule has 0 atom stereocenters. The number of aliphatic hydroxyl groups is 1. The lowest BCUT2D eigenvalue weighted by atomic mass is 10.1. The van der Waals surface area contributed by atoms with Gasteiger partial charge >= 0.3 is 0 Å². The molecule has 0 fully saturated rings. The minimum absolute atomic E-state index is 0.0570. The molecule has 0 saturated carbocycles. The van der Waals surface area contributed by atoms with Gasteiger partial charge in [-0.05, 0) is 51.2 Å². The zero-order valence-corrected chi connectivity index (χ0v) is 12.3. The molecule has 106 valence electrons. The normalized spacial score (nSPS) is 10.5. The van der Waals surface area contributed by atoms with Gasteiger partial charge in [-0.15, -0.1) is 0 Å². The fourth-order valence-corrected chi connectivity index (χ4v) is 2.84. The van der Waals surface area contributed by atoms with Crippen molar-refractivity contribution in [1.82, 2.24) is 0 Å². The van der Waals surface area contributed by atoms with Gasteiger partial charge < -0.3 is 9.84 Å². The average Bonchev–Trinajstić information content (AvgIpc) is 3.08. The van der Waals surface area contributed by atoms with Crippen molar-refractivity contribution in [1.29, 1.82) is 0 Å². The summed E-state index contributed by atoms with van der Waals surface area (Å²) >= 11 is 1.69. The first-order valence-electron chi connectivity index (χ1n) is 6.79. The number of hydrogen-bond acceptors (Lipinski definition) is 3. The third-order valence-corrected chi connectivity index (χ3v) is 3.95. The zero-order chi connectivity index (χ0) is 14.5. The lowest BCUT2D eigenvalue weighted by Gasteiger charge is -2.08. The Balaban J connectivity index is 1.72. The van der Waals surface area contributed by atoms with Crippen LogP contribution in [0, 0.1) is 0 Å². The van der Waals surface area contributed by atoms with E-state index in [0.717, 1.165) is 22.4 Å². The summed E-state index contributed by atoms with van der Waals surface area (Å²) in [6.45, 7) is 0.558. The monoisotopic (exact) mass is 296 g/mol. The second-order valence-electron chi connectivity index (χ2n) is 4.81. The number of aliphatic hydroxyl groups excluding tert-OH is 1. The Morgan fingerprint density at radius 3 is 2.57 bits per heavy atom. The fourth-order valence-electron chi connectivity index (χ4n) is 2.18. The number of benzene rings is 2. The smallest absolute Gasteiger partial charge is 0.120 e. The minimum Gasteiger partial charge on any atom is -0.489 e. The Morgan fingerprint density at radius 1 is 0.905 bits per heavy atom. The van der Waals surface area contributed by atoms with Crippen LogP contribution in [0.25, 0.3) is 11.1 Å². The Bertz CT molecular complexity index is 705. The summed E-state index contributed by atoms with van der Waals surface area (Å²) < 4.78 is 5.85. The molecule has 2 aromatic carbocycles. The van der Waals surface area contributed by atoms with E-state index >= 15 is 0 Å². The van der Waals surface area contributed by atoms with Gasteiger partial charge in [0.15, 0.2) is 0 Å². The van der Waals surface area contributed by atoms with Crippen LogP contribution >= 0.6 is 11.3 Å². The topological polar surface area (TPSA) is 29.5 Å². The van der Waals surface area contributed by atoms with Crippen LogP contribution < -0.4 is 4.74 Å². The first-order chi connectivity index (χ1) is 10.3. The van der Waals surface area contributed by atoms with E-state index in [-0.39, 0.29) is 6.61 Å². The molecule has 0 aliphatic carbocycles. The predicted octanol–water partition coefficient (Wildman–Crippen LogP) is 4.49. The quantitative estimate of drug-likeness (QED) is 0.752. The van der Waals surface area contributed by atoms with Gasteiger partial charge in [0.05, 0.1) is 6.61 Å². The molecule has 0 aliphatic heterocycles. The number of ether oxygens (including phenoxy) is 1. The average molecular weight is 296 g/mol. The van der Waals surface area contributed by atoms with Gasteiger partial charge in [-0.25, -0.2) is 0 Å². The van der Waals surface area contributed by atoms with Crippen LogP contribution in [0.15, 0.2) is 65.4 Å². The summed E-state index contributed by atoms with van der Waals surface area (Å²) in [5, 5.41) is 13.4. The van der Waals surface area contributed by atoms with E-state index in [1.807, 2.05) is 36.4 Å². The van der Waals surface area contributed by atoms with Crippen molar-refractivity contribution in [3.05, 3.63) is 76.5 Å². The molecule has 3 heteroatoms. The van der Waals surface area contributed by atoms with E-state index < -0.39 is 0 Å². The summed E-state index contributed by atoms with van der Waals surface area (Å²) in [4.78, 5) is 0. The molecule has 0 unspecified atom stereocenters. The molecule has 2 nitrogen and oxygen atoms in total. The van der Waals surface area contributed by atoms with Crippen molar-refractivity contribution in [2.24, 2.45) is 0 Å². The molecule has 3 rings (SSSR count). The third-order valence-electron chi connectivity index (χ3n) is 3.27. The van der Waals surface area contributed by atoms with Crippen LogP contribution in [-0.2, 0) is 13.2 Å². The van der Waals surface area contributed by atoms with Crippen molar-refractivity contribution >= 4 is 11.3 Å². The van der Waals surface area contributed by atoms with E-state index in [0.29, 0.717) is 6.61 Å². The van der Waals surface area contributed by atoms with Crippen molar-refractivity contribution in [3.63, 3.8) is 0 Å².